The summed E-state index contributed by atoms with van der Waals surface area (Å²) in [5.41, 5.74) is 3.56. The lowest BCUT2D eigenvalue weighted by Gasteiger charge is -2.32. The molecule has 198 valence electrons. The van der Waals surface area contributed by atoms with Gasteiger partial charge in [-0.1, -0.05) is 6.07 Å². The number of benzene rings is 1. The van der Waals surface area contributed by atoms with Gasteiger partial charge in [0.2, 0.25) is 16.0 Å². The van der Waals surface area contributed by atoms with Gasteiger partial charge in [0, 0.05) is 42.1 Å². The summed E-state index contributed by atoms with van der Waals surface area (Å²) in [7, 11) is -3.20. The van der Waals surface area contributed by atoms with Crippen LogP contribution >= 0.6 is 0 Å². The van der Waals surface area contributed by atoms with Crippen LogP contribution < -0.4 is 15.4 Å². The van der Waals surface area contributed by atoms with Crippen LogP contribution in [0.15, 0.2) is 42.7 Å². The second-order valence-corrected chi connectivity index (χ2v) is 12.9. The Morgan fingerprint density at radius 1 is 1.16 bits per heavy atom. The maximum absolute atomic E-state index is 12.3. The Labute approximate surface area is 221 Å². The highest BCUT2D eigenvalue weighted by molar-refractivity contribution is 7.88. The fourth-order valence-electron chi connectivity index (χ4n) is 5.90. The molecule has 2 fully saturated rings. The van der Waals surface area contributed by atoms with Gasteiger partial charge in [0.05, 0.1) is 11.9 Å². The first-order chi connectivity index (χ1) is 18.0. The van der Waals surface area contributed by atoms with Gasteiger partial charge in [0.15, 0.2) is 17.2 Å². The van der Waals surface area contributed by atoms with Crippen LogP contribution in [0.4, 0.5) is 17.5 Å². The fraction of sp³-hybridized carbons (Fsp3) is 0.407. The van der Waals surface area contributed by atoms with Crippen molar-refractivity contribution in [1.29, 1.82) is 0 Å². The van der Waals surface area contributed by atoms with Crippen LogP contribution in [-0.2, 0) is 14.8 Å². The maximum Gasteiger partial charge on any atom is 0.269 e. The Morgan fingerprint density at radius 3 is 2.71 bits per heavy atom. The van der Waals surface area contributed by atoms with Crippen LogP contribution in [0.2, 0.25) is 0 Å². The highest BCUT2D eigenvalue weighted by Crippen LogP contribution is 2.49. The van der Waals surface area contributed by atoms with Gasteiger partial charge in [0.1, 0.15) is 0 Å². The smallest absolute Gasteiger partial charge is 0.269 e. The van der Waals surface area contributed by atoms with Crippen LogP contribution in [0.1, 0.15) is 43.7 Å². The number of piperidine rings is 1. The number of fused-ring (bicyclic) bond motifs is 3. The second-order valence-electron chi connectivity index (χ2n) is 10.9. The number of aromatic nitrogens is 3. The highest BCUT2D eigenvalue weighted by Gasteiger charge is 2.49. The first-order valence-electron chi connectivity index (χ1n) is 12.7. The van der Waals surface area contributed by atoms with Crippen LogP contribution in [0.25, 0.3) is 11.3 Å². The number of aryl methyl sites for hydroxylation is 1. The number of nitrogens with zero attached hydrogens (tertiary/aromatic N) is 4. The van der Waals surface area contributed by atoms with E-state index in [0.29, 0.717) is 35.7 Å². The lowest BCUT2D eigenvalue weighted by molar-refractivity contribution is -0.129. The minimum Gasteiger partial charge on any atom is -0.474 e. The van der Waals surface area contributed by atoms with Gasteiger partial charge < -0.3 is 15.4 Å². The maximum atomic E-state index is 12.3. The SMILES string of the molecule is Cc1cc(Nc2nccc(-c3cnc4c(c3)OC(C)(C)C(=O)N4)n2)ccc1C1CC2CC1N(S(C)(=O)=O)C2. The van der Waals surface area contributed by atoms with E-state index in [1.54, 1.807) is 36.6 Å². The molecule has 6 rings (SSSR count). The normalized spacial score (nSPS) is 24.0. The zero-order valence-electron chi connectivity index (χ0n) is 21.7. The molecule has 11 heteroatoms. The van der Waals surface area contributed by atoms with E-state index in [9.17, 15) is 13.2 Å². The van der Waals surface area contributed by atoms with E-state index >= 15 is 0 Å². The van der Waals surface area contributed by atoms with Crippen molar-refractivity contribution in [2.45, 2.75) is 51.2 Å². The number of hydrogen-bond donors (Lipinski definition) is 2. The average molecular weight is 535 g/mol. The van der Waals surface area contributed by atoms with Crippen LogP contribution in [-0.4, -0.2) is 58.0 Å². The molecule has 3 atom stereocenters. The lowest BCUT2D eigenvalue weighted by Crippen LogP contribution is -2.45. The van der Waals surface area contributed by atoms with Crippen molar-refractivity contribution in [1.82, 2.24) is 19.3 Å². The second kappa shape index (κ2) is 8.74. The van der Waals surface area contributed by atoms with Crippen molar-refractivity contribution in [3.05, 3.63) is 53.9 Å². The van der Waals surface area contributed by atoms with Gasteiger partial charge in [-0.05, 0) is 74.9 Å². The Bertz CT molecular complexity index is 1560. The van der Waals surface area contributed by atoms with Crippen LogP contribution in [0.5, 0.6) is 5.75 Å². The molecule has 0 spiro atoms. The van der Waals surface area contributed by atoms with Gasteiger partial charge in [-0.15, -0.1) is 0 Å². The third-order valence-electron chi connectivity index (χ3n) is 7.73. The van der Waals surface area contributed by atoms with Crippen LogP contribution in [0.3, 0.4) is 0 Å². The molecule has 0 radical (unpaired) electrons. The van der Waals surface area contributed by atoms with Crippen LogP contribution in [0, 0.1) is 12.8 Å². The summed E-state index contributed by atoms with van der Waals surface area (Å²) in [6, 6.07) is 9.78. The van der Waals surface area contributed by atoms with Gasteiger partial charge in [-0.3, -0.25) is 4.79 Å². The third kappa shape index (κ3) is 4.39. The summed E-state index contributed by atoms with van der Waals surface area (Å²) in [5, 5.41) is 6.05. The molecule has 3 aliphatic rings. The molecule has 1 saturated heterocycles. The number of rotatable bonds is 5. The van der Waals surface area contributed by atoms with E-state index in [-0.39, 0.29) is 17.9 Å². The van der Waals surface area contributed by atoms with E-state index in [2.05, 4.69) is 44.6 Å². The molecule has 1 aromatic carbocycles. The Hall–Kier alpha value is -3.57. The van der Waals surface area contributed by atoms with Gasteiger partial charge in [0.25, 0.3) is 5.91 Å². The molecule has 38 heavy (non-hydrogen) atoms. The molecule has 2 N–H and O–H groups in total. The van der Waals surface area contributed by atoms with E-state index in [4.69, 9.17) is 4.74 Å². The van der Waals surface area contributed by atoms with E-state index < -0.39 is 15.6 Å². The number of carbonyl (C=O) groups is 1. The van der Waals surface area contributed by atoms with E-state index in [0.717, 1.165) is 29.7 Å². The molecule has 10 nitrogen and oxygen atoms in total. The number of sulfonamides is 1. The summed E-state index contributed by atoms with van der Waals surface area (Å²) in [6.45, 7) is 6.12. The molecule has 1 aliphatic carbocycles. The highest BCUT2D eigenvalue weighted by atomic mass is 32.2. The average Bonchev–Trinajstić information content (AvgIpc) is 3.46. The largest absolute Gasteiger partial charge is 0.474 e. The summed E-state index contributed by atoms with van der Waals surface area (Å²) < 4.78 is 32.1. The molecule has 4 heterocycles. The minimum absolute atomic E-state index is 0.0422. The molecule has 3 unspecified atom stereocenters. The van der Waals surface area contributed by atoms with E-state index in [1.807, 2.05) is 12.1 Å². The van der Waals surface area contributed by atoms with Gasteiger partial charge in [-0.2, -0.15) is 4.31 Å². The number of anilines is 3. The molecule has 2 aliphatic heterocycles. The van der Waals surface area contributed by atoms with E-state index in [1.165, 1.54) is 11.8 Å². The Balaban J connectivity index is 1.21. The number of ether oxygens (including phenoxy) is 1. The number of carbonyl (C=O) groups excluding carboxylic acids is 1. The van der Waals surface area contributed by atoms with Crippen molar-refractivity contribution in [3.63, 3.8) is 0 Å². The lowest BCUT2D eigenvalue weighted by atomic mass is 9.88. The van der Waals surface area contributed by atoms with Crippen molar-refractivity contribution < 1.29 is 17.9 Å². The number of amides is 1. The molecular formula is C27H30N6O4S. The van der Waals surface area contributed by atoms with Crippen molar-refractivity contribution >= 4 is 33.4 Å². The quantitative estimate of drug-likeness (QED) is 0.506. The van der Waals surface area contributed by atoms with Crippen molar-refractivity contribution in [3.8, 4) is 17.0 Å². The topological polar surface area (TPSA) is 126 Å². The predicted molar refractivity (Wildman–Crippen MR) is 144 cm³/mol. The minimum atomic E-state index is -3.20. The summed E-state index contributed by atoms with van der Waals surface area (Å²) in [6.07, 6.45) is 6.58. The first-order valence-corrected chi connectivity index (χ1v) is 14.5. The number of pyridine rings is 1. The molecule has 2 bridgehead atoms. The van der Waals surface area contributed by atoms with Gasteiger partial charge >= 0.3 is 0 Å². The molecule has 3 aromatic rings. The molecule has 1 saturated carbocycles. The van der Waals surface area contributed by atoms with Gasteiger partial charge in [-0.25, -0.2) is 23.4 Å². The zero-order chi connectivity index (χ0) is 26.8. The zero-order valence-corrected chi connectivity index (χ0v) is 22.5. The van der Waals surface area contributed by atoms with Crippen molar-refractivity contribution in [2.75, 3.05) is 23.4 Å². The standard InChI is InChI=1S/C27H30N6O4S/c1-15-9-18(5-6-19(15)20-10-16-11-22(20)33(14-16)38(4,35)36)30-26-28-8-7-21(31-26)17-12-23-24(29-13-17)32-25(34)27(2,3)37-23/h5-9,12-13,16,20,22H,10-11,14H2,1-4H3,(H,28,30,31)(H,29,32,34). The number of hydrogen-bond acceptors (Lipinski definition) is 8. The molecular weight excluding hydrogens is 504 g/mol. The molecule has 2 aromatic heterocycles. The summed E-state index contributed by atoms with van der Waals surface area (Å²) in [5.74, 6) is 1.71. The Morgan fingerprint density at radius 2 is 1.97 bits per heavy atom. The first kappa shape index (κ1) is 24.7. The Kier molecular flexibility index (Phi) is 5.69. The summed E-state index contributed by atoms with van der Waals surface area (Å²) in [4.78, 5) is 25.5. The fourth-order valence-corrected chi connectivity index (χ4v) is 7.11. The monoisotopic (exact) mass is 534 g/mol. The third-order valence-corrected chi connectivity index (χ3v) is 9.01. The van der Waals surface area contributed by atoms with Crippen molar-refractivity contribution in [2.24, 2.45) is 5.92 Å². The molecule has 1 amide bonds. The predicted octanol–water partition coefficient (Wildman–Crippen LogP) is 3.84. The number of nitrogens with one attached hydrogen (secondary N) is 2. The summed E-state index contributed by atoms with van der Waals surface area (Å²) >= 11 is 0.